The van der Waals surface area contributed by atoms with E-state index in [1.54, 1.807) is 12.4 Å². The molecule has 136 valence electrons. The van der Waals surface area contributed by atoms with Gasteiger partial charge in [0.1, 0.15) is 11.3 Å². The Morgan fingerprint density at radius 2 is 2.24 bits per heavy atom. The number of carbonyl (C=O) groups excluding carboxylic acids is 1. The third-order valence-corrected chi connectivity index (χ3v) is 4.80. The average molecular weight is 345 g/mol. The molecule has 0 saturated carbocycles. The van der Waals surface area contributed by atoms with Crippen LogP contribution in [0.2, 0.25) is 0 Å². The first kappa shape index (κ1) is 17.7. The molecular formula is C18H27N5O2. The van der Waals surface area contributed by atoms with E-state index in [2.05, 4.69) is 34.0 Å². The Balaban J connectivity index is 1.87. The lowest BCUT2D eigenvalue weighted by Crippen LogP contribution is -2.44. The molecule has 1 fully saturated rings. The maximum absolute atomic E-state index is 12.7. The molecule has 0 aromatic carbocycles. The predicted octanol–water partition coefficient (Wildman–Crippen LogP) is 2.08. The number of aliphatic hydroxyl groups excluding tert-OH is 1. The number of nitrogens with one attached hydrogen (secondary N) is 2. The molecule has 7 heteroatoms. The Bertz CT molecular complexity index is 781. The van der Waals surface area contributed by atoms with E-state index in [9.17, 15) is 4.79 Å². The van der Waals surface area contributed by atoms with Crippen molar-refractivity contribution in [2.75, 3.05) is 24.6 Å². The normalized spacial score (nSPS) is 17.2. The molecule has 0 bridgehead atoms. The Hall–Kier alpha value is -2.15. The molecule has 3 heterocycles. The van der Waals surface area contributed by atoms with Crippen molar-refractivity contribution in [3.8, 4) is 0 Å². The van der Waals surface area contributed by atoms with E-state index in [0.717, 1.165) is 25.3 Å². The van der Waals surface area contributed by atoms with Gasteiger partial charge in [0.25, 0.3) is 5.91 Å². The van der Waals surface area contributed by atoms with E-state index in [1.807, 2.05) is 13.8 Å². The van der Waals surface area contributed by atoms with E-state index < -0.39 is 5.54 Å². The number of H-pyrrole nitrogens is 1. The number of aromatic nitrogens is 3. The van der Waals surface area contributed by atoms with Crippen LogP contribution in [0, 0.1) is 5.41 Å². The van der Waals surface area contributed by atoms with Crippen LogP contribution >= 0.6 is 0 Å². The van der Waals surface area contributed by atoms with Crippen LogP contribution in [-0.2, 0) is 0 Å². The molecule has 1 amide bonds. The SMILES string of the molecule is CC1(C)CCN(c2cnc3[nH]cc(C(=O)NC(C)(C)CCO)c3n2)C1. The van der Waals surface area contributed by atoms with Crippen molar-refractivity contribution in [3.63, 3.8) is 0 Å². The van der Waals surface area contributed by atoms with Crippen molar-refractivity contribution < 1.29 is 9.90 Å². The summed E-state index contributed by atoms with van der Waals surface area (Å²) < 4.78 is 0. The molecule has 0 radical (unpaired) electrons. The smallest absolute Gasteiger partial charge is 0.255 e. The monoisotopic (exact) mass is 345 g/mol. The molecule has 0 unspecified atom stereocenters. The first-order valence-corrected chi connectivity index (χ1v) is 8.73. The van der Waals surface area contributed by atoms with Crippen LogP contribution in [-0.4, -0.2) is 51.2 Å². The van der Waals surface area contributed by atoms with Gasteiger partial charge in [-0.25, -0.2) is 9.97 Å². The van der Waals surface area contributed by atoms with Gasteiger partial charge in [0, 0.05) is 31.4 Å². The van der Waals surface area contributed by atoms with Gasteiger partial charge in [-0.05, 0) is 32.1 Å². The van der Waals surface area contributed by atoms with Crippen LogP contribution in [0.15, 0.2) is 12.4 Å². The van der Waals surface area contributed by atoms with Gasteiger partial charge in [-0.3, -0.25) is 4.79 Å². The van der Waals surface area contributed by atoms with E-state index in [-0.39, 0.29) is 17.9 Å². The molecule has 1 saturated heterocycles. The highest BCUT2D eigenvalue weighted by molar-refractivity contribution is 6.04. The molecule has 3 N–H and O–H groups in total. The zero-order valence-electron chi connectivity index (χ0n) is 15.4. The summed E-state index contributed by atoms with van der Waals surface area (Å²) in [5.41, 5.74) is 1.45. The van der Waals surface area contributed by atoms with E-state index in [4.69, 9.17) is 10.1 Å². The maximum Gasteiger partial charge on any atom is 0.255 e. The summed E-state index contributed by atoms with van der Waals surface area (Å²) >= 11 is 0. The van der Waals surface area contributed by atoms with Gasteiger partial charge in [0.2, 0.25) is 0 Å². The van der Waals surface area contributed by atoms with Crippen molar-refractivity contribution in [1.82, 2.24) is 20.3 Å². The number of hydrogen-bond donors (Lipinski definition) is 3. The number of aliphatic hydroxyl groups is 1. The van der Waals surface area contributed by atoms with E-state index in [1.165, 1.54) is 0 Å². The molecule has 1 aliphatic heterocycles. The van der Waals surface area contributed by atoms with E-state index in [0.29, 0.717) is 23.1 Å². The van der Waals surface area contributed by atoms with Crippen LogP contribution in [0.3, 0.4) is 0 Å². The minimum absolute atomic E-state index is 0.0237. The van der Waals surface area contributed by atoms with Gasteiger partial charge in [0.15, 0.2) is 5.65 Å². The number of nitrogens with zero attached hydrogens (tertiary/aromatic N) is 3. The van der Waals surface area contributed by atoms with E-state index >= 15 is 0 Å². The van der Waals surface area contributed by atoms with Gasteiger partial charge in [-0.15, -0.1) is 0 Å². The minimum Gasteiger partial charge on any atom is -0.396 e. The highest BCUT2D eigenvalue weighted by Crippen LogP contribution is 2.32. The lowest BCUT2D eigenvalue weighted by molar-refractivity contribution is 0.0901. The van der Waals surface area contributed by atoms with Gasteiger partial charge in [-0.1, -0.05) is 13.8 Å². The molecule has 1 aliphatic rings. The lowest BCUT2D eigenvalue weighted by atomic mass is 9.93. The summed E-state index contributed by atoms with van der Waals surface area (Å²) in [4.78, 5) is 27.0. The Kier molecular flexibility index (Phi) is 4.45. The third-order valence-electron chi connectivity index (χ3n) is 4.80. The number of hydrogen-bond acceptors (Lipinski definition) is 5. The van der Waals surface area contributed by atoms with Crippen molar-refractivity contribution >= 4 is 22.9 Å². The second-order valence-electron chi connectivity index (χ2n) is 8.28. The molecule has 2 aromatic rings. The van der Waals surface area contributed by atoms with Crippen molar-refractivity contribution in [2.45, 2.75) is 46.1 Å². The number of fused-ring (bicyclic) bond motifs is 1. The highest BCUT2D eigenvalue weighted by atomic mass is 16.3. The molecular weight excluding hydrogens is 318 g/mol. The summed E-state index contributed by atoms with van der Waals surface area (Å²) in [5, 5.41) is 12.1. The minimum atomic E-state index is -0.487. The molecule has 0 atom stereocenters. The Morgan fingerprint density at radius 3 is 2.88 bits per heavy atom. The number of amides is 1. The lowest BCUT2D eigenvalue weighted by Gasteiger charge is -2.25. The van der Waals surface area contributed by atoms with Gasteiger partial charge >= 0.3 is 0 Å². The zero-order valence-corrected chi connectivity index (χ0v) is 15.4. The highest BCUT2D eigenvalue weighted by Gasteiger charge is 2.30. The summed E-state index contributed by atoms with van der Waals surface area (Å²) in [6, 6.07) is 0. The average Bonchev–Trinajstić information content (AvgIpc) is 3.08. The van der Waals surface area contributed by atoms with Gasteiger partial charge in [0.05, 0.1) is 11.8 Å². The molecule has 7 nitrogen and oxygen atoms in total. The van der Waals surface area contributed by atoms with Crippen molar-refractivity contribution in [3.05, 3.63) is 18.0 Å². The fourth-order valence-corrected chi connectivity index (χ4v) is 3.23. The van der Waals surface area contributed by atoms with Crippen LogP contribution in [0.5, 0.6) is 0 Å². The number of anilines is 1. The molecule has 25 heavy (non-hydrogen) atoms. The largest absolute Gasteiger partial charge is 0.396 e. The molecule has 2 aromatic heterocycles. The second-order valence-corrected chi connectivity index (χ2v) is 8.28. The zero-order chi connectivity index (χ0) is 18.2. The number of carbonyl (C=O) groups is 1. The standard InChI is InChI=1S/C18H27N5O2/c1-17(2)5-7-23(11-17)13-10-20-15-14(21-13)12(9-19-15)16(25)22-18(3,4)6-8-24/h9-10,24H,5-8,11H2,1-4H3,(H,19,20)(H,22,25). The van der Waals surface area contributed by atoms with Gasteiger partial charge in [-0.2, -0.15) is 0 Å². The Labute approximate surface area is 147 Å². The summed E-state index contributed by atoms with van der Waals surface area (Å²) in [7, 11) is 0. The molecule has 0 aliphatic carbocycles. The van der Waals surface area contributed by atoms with Crippen LogP contribution in [0.25, 0.3) is 11.2 Å². The summed E-state index contributed by atoms with van der Waals surface area (Å²) in [6.45, 7) is 10.2. The molecule has 0 spiro atoms. The van der Waals surface area contributed by atoms with Crippen LogP contribution in [0.1, 0.15) is 50.9 Å². The first-order chi connectivity index (χ1) is 11.7. The van der Waals surface area contributed by atoms with Crippen molar-refractivity contribution in [1.29, 1.82) is 0 Å². The topological polar surface area (TPSA) is 94.1 Å². The predicted molar refractivity (Wildman–Crippen MR) is 97.7 cm³/mol. The number of aromatic amines is 1. The summed E-state index contributed by atoms with van der Waals surface area (Å²) in [5.74, 6) is 0.597. The quantitative estimate of drug-likeness (QED) is 0.771. The molecule has 3 rings (SSSR count). The summed E-state index contributed by atoms with van der Waals surface area (Å²) in [6.07, 6.45) is 5.01. The maximum atomic E-state index is 12.7. The Morgan fingerprint density at radius 1 is 1.48 bits per heavy atom. The van der Waals surface area contributed by atoms with Crippen LogP contribution < -0.4 is 10.2 Å². The fourth-order valence-electron chi connectivity index (χ4n) is 3.23. The third kappa shape index (κ3) is 3.76. The van der Waals surface area contributed by atoms with Crippen molar-refractivity contribution in [2.24, 2.45) is 5.41 Å². The fraction of sp³-hybridized carbons (Fsp3) is 0.611. The number of rotatable bonds is 5. The van der Waals surface area contributed by atoms with Crippen LogP contribution in [0.4, 0.5) is 5.82 Å². The van der Waals surface area contributed by atoms with Gasteiger partial charge < -0.3 is 20.3 Å². The first-order valence-electron chi connectivity index (χ1n) is 8.73. The second kappa shape index (κ2) is 6.29.